The lowest BCUT2D eigenvalue weighted by Crippen LogP contribution is -2.33. The molecule has 0 saturated carbocycles. The van der Waals surface area contributed by atoms with Gasteiger partial charge in [-0.3, -0.25) is 14.6 Å². The summed E-state index contributed by atoms with van der Waals surface area (Å²) >= 11 is 1.27. The molecule has 0 bridgehead atoms. The number of Topliss-reactive ketones (excluding diaryl/α,β-unsaturated/α-hetero) is 1. The molecule has 3 aromatic rings. The van der Waals surface area contributed by atoms with E-state index in [-0.39, 0.29) is 11.4 Å². The highest BCUT2D eigenvalue weighted by molar-refractivity contribution is 7.12. The lowest BCUT2D eigenvalue weighted by atomic mass is 9.96. The summed E-state index contributed by atoms with van der Waals surface area (Å²) in [6.45, 7) is 0.291. The zero-order valence-electron chi connectivity index (χ0n) is 17.6. The minimum atomic E-state index is -0.717. The van der Waals surface area contributed by atoms with Gasteiger partial charge in [-0.05, 0) is 47.2 Å². The van der Waals surface area contributed by atoms with E-state index in [0.717, 1.165) is 5.56 Å². The highest BCUT2D eigenvalue weighted by atomic mass is 32.1. The van der Waals surface area contributed by atoms with E-state index in [4.69, 9.17) is 9.47 Å². The van der Waals surface area contributed by atoms with Crippen molar-refractivity contribution in [3.63, 3.8) is 0 Å². The number of amides is 1. The molecule has 32 heavy (non-hydrogen) atoms. The minimum Gasteiger partial charge on any atom is -0.503 e. The molecule has 7 nitrogen and oxygen atoms in total. The number of hydrogen-bond donors (Lipinski definition) is 1. The molecule has 1 aliphatic heterocycles. The van der Waals surface area contributed by atoms with Gasteiger partial charge in [-0.2, -0.15) is 0 Å². The van der Waals surface area contributed by atoms with E-state index in [1.54, 1.807) is 62.3 Å². The summed E-state index contributed by atoms with van der Waals surface area (Å²) < 4.78 is 10.6. The molecule has 8 heteroatoms. The zero-order valence-corrected chi connectivity index (χ0v) is 18.5. The number of thiophene rings is 1. The van der Waals surface area contributed by atoms with Crippen molar-refractivity contribution in [2.75, 3.05) is 20.8 Å². The number of carbonyl (C=O) groups excluding carboxylic acids is 2. The highest BCUT2D eigenvalue weighted by Crippen LogP contribution is 2.39. The molecule has 0 radical (unpaired) electrons. The monoisotopic (exact) mass is 450 g/mol. The summed E-state index contributed by atoms with van der Waals surface area (Å²) in [7, 11) is 3.13. The number of carbonyl (C=O) groups is 2. The Hall–Kier alpha value is -3.65. The molecule has 1 amide bonds. The number of rotatable bonds is 8. The molecule has 0 aliphatic carbocycles. The van der Waals surface area contributed by atoms with E-state index in [0.29, 0.717) is 34.9 Å². The first-order valence-corrected chi connectivity index (χ1v) is 10.9. The Kier molecular flexibility index (Phi) is 6.23. The van der Waals surface area contributed by atoms with Gasteiger partial charge in [-0.25, -0.2) is 0 Å². The summed E-state index contributed by atoms with van der Waals surface area (Å²) in [4.78, 5) is 32.3. The van der Waals surface area contributed by atoms with Crippen LogP contribution in [0.15, 0.2) is 71.6 Å². The van der Waals surface area contributed by atoms with Gasteiger partial charge < -0.3 is 19.5 Å². The lowest BCUT2D eigenvalue weighted by molar-refractivity contribution is -0.129. The molecule has 0 saturated heterocycles. The number of benzene rings is 1. The molecule has 164 valence electrons. The van der Waals surface area contributed by atoms with Crippen molar-refractivity contribution in [3.8, 4) is 11.5 Å². The fraction of sp³-hybridized carbons (Fsp3) is 0.208. The van der Waals surface area contributed by atoms with Crippen LogP contribution >= 0.6 is 11.3 Å². The van der Waals surface area contributed by atoms with Crippen molar-refractivity contribution >= 4 is 23.0 Å². The van der Waals surface area contributed by atoms with Crippen molar-refractivity contribution in [1.82, 2.24) is 9.88 Å². The summed E-state index contributed by atoms with van der Waals surface area (Å²) in [6.07, 6.45) is 3.73. The van der Waals surface area contributed by atoms with Gasteiger partial charge in [-0.15, -0.1) is 11.3 Å². The van der Waals surface area contributed by atoms with Gasteiger partial charge in [0.2, 0.25) is 5.78 Å². The van der Waals surface area contributed by atoms with Gasteiger partial charge in [0.05, 0.1) is 30.7 Å². The quantitative estimate of drug-likeness (QED) is 0.522. The van der Waals surface area contributed by atoms with Gasteiger partial charge in [0, 0.05) is 18.9 Å². The average Bonchev–Trinajstić information content (AvgIpc) is 3.45. The number of nitrogens with zero attached hydrogens (tertiary/aromatic N) is 2. The second kappa shape index (κ2) is 9.23. The third-order valence-electron chi connectivity index (χ3n) is 5.38. The topological polar surface area (TPSA) is 89.0 Å². The van der Waals surface area contributed by atoms with Gasteiger partial charge in [0.1, 0.15) is 0 Å². The summed E-state index contributed by atoms with van der Waals surface area (Å²) in [5, 5.41) is 12.5. The Morgan fingerprint density at radius 1 is 1.16 bits per heavy atom. The molecule has 2 aromatic heterocycles. The van der Waals surface area contributed by atoms with Gasteiger partial charge >= 0.3 is 0 Å². The van der Waals surface area contributed by atoms with Crippen molar-refractivity contribution < 1.29 is 24.2 Å². The fourth-order valence-electron chi connectivity index (χ4n) is 3.83. The smallest absolute Gasteiger partial charge is 0.290 e. The standard InChI is InChI=1S/C24H22N2O5S/c1-30-17-8-7-15(13-18(17)31-2)9-11-26-21(16-5-3-10-25-14-16)20(23(28)24(26)29)22(27)19-6-4-12-32-19/h3-8,10,12-14,21,28H,9,11H2,1-2H3/t21-/m0/s1. The molecule has 0 spiro atoms. The SMILES string of the molecule is COc1ccc(CCN2C(=O)C(O)=C(C(=O)c3cccs3)[C@@H]2c2cccnc2)cc1OC. The fourth-order valence-corrected chi connectivity index (χ4v) is 4.50. The third kappa shape index (κ3) is 3.97. The van der Waals surface area contributed by atoms with Gasteiger partial charge in [0.25, 0.3) is 5.91 Å². The van der Waals surface area contributed by atoms with Crippen molar-refractivity contribution in [2.45, 2.75) is 12.5 Å². The van der Waals surface area contributed by atoms with Crippen LogP contribution in [-0.4, -0.2) is 47.4 Å². The van der Waals surface area contributed by atoms with E-state index < -0.39 is 17.7 Å². The Balaban J connectivity index is 1.66. The van der Waals surface area contributed by atoms with E-state index in [2.05, 4.69) is 4.98 Å². The number of ketones is 1. The van der Waals surface area contributed by atoms with Crippen molar-refractivity contribution in [1.29, 1.82) is 0 Å². The van der Waals surface area contributed by atoms with E-state index in [1.807, 2.05) is 12.1 Å². The number of aliphatic hydroxyl groups excluding tert-OH is 1. The number of hydrogen-bond acceptors (Lipinski definition) is 7. The van der Waals surface area contributed by atoms with Crippen LogP contribution in [0.25, 0.3) is 0 Å². The molecule has 1 aromatic carbocycles. The van der Waals surface area contributed by atoms with E-state index >= 15 is 0 Å². The minimum absolute atomic E-state index is 0.0813. The summed E-state index contributed by atoms with van der Waals surface area (Å²) in [6, 6.07) is 11.8. The van der Waals surface area contributed by atoms with Crippen molar-refractivity contribution in [2.24, 2.45) is 0 Å². The number of pyridine rings is 1. The molecule has 0 fully saturated rings. The lowest BCUT2D eigenvalue weighted by Gasteiger charge is -2.26. The third-order valence-corrected chi connectivity index (χ3v) is 6.25. The molecular formula is C24H22N2O5S. The summed E-state index contributed by atoms with van der Waals surface area (Å²) in [5.41, 5.74) is 1.67. The predicted octanol–water partition coefficient (Wildman–Crippen LogP) is 3.98. The van der Waals surface area contributed by atoms with Crippen LogP contribution in [0.1, 0.15) is 26.8 Å². The Bertz CT molecular complexity index is 1160. The Morgan fingerprint density at radius 2 is 1.97 bits per heavy atom. The number of aromatic nitrogens is 1. The Labute approximate surface area is 189 Å². The predicted molar refractivity (Wildman–Crippen MR) is 120 cm³/mol. The van der Waals surface area contributed by atoms with Crippen LogP contribution in [0.2, 0.25) is 0 Å². The second-order valence-electron chi connectivity index (χ2n) is 7.20. The largest absolute Gasteiger partial charge is 0.503 e. The van der Waals surface area contributed by atoms with Crippen LogP contribution in [-0.2, 0) is 11.2 Å². The first-order chi connectivity index (χ1) is 15.5. The van der Waals surface area contributed by atoms with Crippen LogP contribution < -0.4 is 9.47 Å². The number of ether oxygens (including phenoxy) is 2. The maximum Gasteiger partial charge on any atom is 0.290 e. The molecule has 4 rings (SSSR count). The van der Waals surface area contributed by atoms with Crippen LogP contribution in [0.5, 0.6) is 11.5 Å². The van der Waals surface area contributed by atoms with Crippen LogP contribution in [0, 0.1) is 0 Å². The molecule has 0 unspecified atom stereocenters. The van der Waals surface area contributed by atoms with Gasteiger partial charge in [-0.1, -0.05) is 18.2 Å². The molecule has 1 N–H and O–H groups in total. The zero-order chi connectivity index (χ0) is 22.7. The molecule has 3 heterocycles. The average molecular weight is 451 g/mol. The second-order valence-corrected chi connectivity index (χ2v) is 8.14. The van der Waals surface area contributed by atoms with Crippen LogP contribution in [0.3, 0.4) is 0 Å². The summed E-state index contributed by atoms with van der Waals surface area (Å²) in [5.74, 6) is -0.224. The van der Waals surface area contributed by atoms with E-state index in [1.165, 1.54) is 16.2 Å². The maximum atomic E-state index is 13.2. The normalized spacial score (nSPS) is 15.9. The Morgan fingerprint density at radius 3 is 2.62 bits per heavy atom. The highest BCUT2D eigenvalue weighted by Gasteiger charge is 2.43. The van der Waals surface area contributed by atoms with Crippen LogP contribution in [0.4, 0.5) is 0 Å². The molecular weight excluding hydrogens is 428 g/mol. The first kappa shape index (κ1) is 21.6. The van der Waals surface area contributed by atoms with Crippen molar-refractivity contribution in [3.05, 3.63) is 87.6 Å². The van der Waals surface area contributed by atoms with E-state index in [9.17, 15) is 14.7 Å². The first-order valence-electron chi connectivity index (χ1n) is 9.98. The maximum absolute atomic E-state index is 13.2. The number of aliphatic hydroxyl groups is 1. The molecule has 1 aliphatic rings. The van der Waals surface area contributed by atoms with Gasteiger partial charge in [0.15, 0.2) is 17.3 Å². The molecule has 1 atom stereocenters. The number of methoxy groups -OCH3 is 2.